The van der Waals surface area contributed by atoms with E-state index < -0.39 is 7.82 Å². The summed E-state index contributed by atoms with van der Waals surface area (Å²) in [6, 6.07) is 0. The molecule has 1 aromatic rings. The number of nitrogen functional groups attached to an aromatic ring is 3. The SMILES string of the molecule is CCCCCCCCCCCCOP(=O)(O)O.Nc1nc(N)nc(N)n1. The van der Waals surface area contributed by atoms with Gasteiger partial charge in [0.2, 0.25) is 17.8 Å². The Morgan fingerprint density at radius 3 is 1.46 bits per heavy atom. The standard InChI is InChI=1S/C12H27O4P.C3H6N6/c1-2-3-4-5-6-7-8-9-10-11-12-16-17(13,14)15;4-1-7-2(5)9-3(6)8-1/h2-12H2,1H3,(H2,13,14,15);(H6,4,5,6,7,8,9). The van der Waals surface area contributed by atoms with Gasteiger partial charge in [-0.3, -0.25) is 4.52 Å². The first-order valence-corrected chi connectivity index (χ1v) is 10.5. The number of aromatic nitrogens is 3. The number of hydrogen-bond donors (Lipinski definition) is 5. The fourth-order valence-corrected chi connectivity index (χ4v) is 2.57. The van der Waals surface area contributed by atoms with E-state index in [0.29, 0.717) is 0 Å². The largest absolute Gasteiger partial charge is 0.469 e. The molecule has 0 aliphatic rings. The van der Waals surface area contributed by atoms with E-state index in [1.165, 1.54) is 44.9 Å². The minimum atomic E-state index is -4.24. The minimum absolute atomic E-state index is 0.0417. The quantitative estimate of drug-likeness (QED) is 0.261. The van der Waals surface area contributed by atoms with Gasteiger partial charge in [-0.1, -0.05) is 64.7 Å². The van der Waals surface area contributed by atoms with Gasteiger partial charge >= 0.3 is 7.82 Å². The third-order valence-electron chi connectivity index (χ3n) is 3.44. The van der Waals surface area contributed by atoms with Gasteiger partial charge in [-0.25, -0.2) is 4.57 Å². The predicted molar refractivity (Wildman–Crippen MR) is 103 cm³/mol. The number of phosphoric ester groups is 1. The molecule has 0 amide bonds. The number of anilines is 3. The van der Waals surface area contributed by atoms with Crippen molar-refractivity contribution in [2.24, 2.45) is 0 Å². The van der Waals surface area contributed by atoms with E-state index in [0.717, 1.165) is 19.3 Å². The minimum Gasteiger partial charge on any atom is -0.368 e. The molecular formula is C15H33N6O4P. The molecule has 0 spiro atoms. The number of phosphoric acid groups is 1. The Hall–Kier alpha value is -1.48. The van der Waals surface area contributed by atoms with Crippen molar-refractivity contribution < 1.29 is 18.9 Å². The van der Waals surface area contributed by atoms with Crippen LogP contribution in [0.25, 0.3) is 0 Å². The van der Waals surface area contributed by atoms with E-state index in [1.54, 1.807) is 0 Å². The topological polar surface area (TPSA) is 183 Å². The van der Waals surface area contributed by atoms with E-state index in [1.807, 2.05) is 0 Å². The molecule has 0 saturated heterocycles. The van der Waals surface area contributed by atoms with Gasteiger partial charge in [0.15, 0.2) is 0 Å². The molecule has 0 unspecified atom stereocenters. The van der Waals surface area contributed by atoms with Crippen molar-refractivity contribution in [2.45, 2.75) is 71.1 Å². The van der Waals surface area contributed by atoms with Crippen LogP contribution in [0.2, 0.25) is 0 Å². The van der Waals surface area contributed by atoms with Gasteiger partial charge in [-0.15, -0.1) is 0 Å². The Morgan fingerprint density at radius 2 is 1.12 bits per heavy atom. The number of nitrogens with two attached hydrogens (primary N) is 3. The van der Waals surface area contributed by atoms with Gasteiger partial charge in [0, 0.05) is 0 Å². The summed E-state index contributed by atoms with van der Waals surface area (Å²) in [6.45, 7) is 2.39. The molecule has 11 heteroatoms. The molecule has 0 bridgehead atoms. The summed E-state index contributed by atoms with van der Waals surface area (Å²) in [7, 11) is -4.24. The first-order chi connectivity index (χ1) is 12.2. The Bertz CT molecular complexity index is 478. The second-order valence-electron chi connectivity index (χ2n) is 5.92. The highest BCUT2D eigenvalue weighted by Gasteiger charge is 2.12. The van der Waals surface area contributed by atoms with Gasteiger partial charge in [0.05, 0.1) is 6.61 Å². The van der Waals surface area contributed by atoms with Gasteiger partial charge < -0.3 is 27.0 Å². The Labute approximate surface area is 155 Å². The number of rotatable bonds is 12. The van der Waals surface area contributed by atoms with Crippen LogP contribution in [0.3, 0.4) is 0 Å². The highest BCUT2D eigenvalue weighted by Crippen LogP contribution is 2.35. The van der Waals surface area contributed by atoms with E-state index in [-0.39, 0.29) is 24.5 Å². The maximum atomic E-state index is 10.4. The van der Waals surface area contributed by atoms with Crippen molar-refractivity contribution in [3.63, 3.8) is 0 Å². The molecule has 1 heterocycles. The van der Waals surface area contributed by atoms with Crippen LogP contribution in [-0.2, 0) is 9.09 Å². The number of hydrogen-bond acceptors (Lipinski definition) is 8. The molecule has 152 valence electrons. The molecule has 26 heavy (non-hydrogen) atoms. The van der Waals surface area contributed by atoms with Crippen LogP contribution in [0.1, 0.15) is 71.1 Å². The van der Waals surface area contributed by atoms with Gasteiger partial charge in [-0.2, -0.15) is 15.0 Å². The first kappa shape index (κ1) is 24.5. The fourth-order valence-electron chi connectivity index (χ4n) is 2.20. The fraction of sp³-hybridized carbons (Fsp3) is 0.800. The van der Waals surface area contributed by atoms with Crippen LogP contribution >= 0.6 is 7.82 Å². The third-order valence-corrected chi connectivity index (χ3v) is 3.96. The van der Waals surface area contributed by atoms with Gasteiger partial charge in [0.25, 0.3) is 0 Å². The van der Waals surface area contributed by atoms with Gasteiger partial charge in [0.1, 0.15) is 0 Å². The van der Waals surface area contributed by atoms with Crippen molar-refractivity contribution in [1.82, 2.24) is 15.0 Å². The zero-order valence-electron chi connectivity index (χ0n) is 15.5. The molecule has 0 aliphatic carbocycles. The second kappa shape index (κ2) is 14.7. The van der Waals surface area contributed by atoms with Crippen molar-refractivity contribution >= 4 is 25.7 Å². The summed E-state index contributed by atoms with van der Waals surface area (Å²) < 4.78 is 14.7. The summed E-state index contributed by atoms with van der Waals surface area (Å²) >= 11 is 0. The summed E-state index contributed by atoms with van der Waals surface area (Å²) in [4.78, 5) is 27.4. The lowest BCUT2D eigenvalue weighted by molar-refractivity contribution is 0.193. The van der Waals surface area contributed by atoms with Crippen molar-refractivity contribution in [3.05, 3.63) is 0 Å². The van der Waals surface area contributed by atoms with Crippen LogP contribution < -0.4 is 17.2 Å². The molecule has 0 saturated carbocycles. The second-order valence-corrected chi connectivity index (χ2v) is 7.16. The molecule has 1 aromatic heterocycles. The molecule has 0 fully saturated rings. The molecular weight excluding hydrogens is 359 g/mol. The van der Waals surface area contributed by atoms with E-state index in [9.17, 15) is 4.57 Å². The maximum absolute atomic E-state index is 10.4. The van der Waals surface area contributed by atoms with E-state index in [2.05, 4.69) is 26.4 Å². The number of unbranched alkanes of at least 4 members (excludes halogenated alkanes) is 9. The van der Waals surface area contributed by atoms with Crippen LogP contribution in [0.15, 0.2) is 0 Å². The summed E-state index contributed by atoms with van der Waals surface area (Å²) in [5, 5.41) is 0. The average molecular weight is 392 g/mol. The Morgan fingerprint density at radius 1 is 0.769 bits per heavy atom. The van der Waals surface area contributed by atoms with Crippen molar-refractivity contribution in [2.75, 3.05) is 23.8 Å². The monoisotopic (exact) mass is 392 g/mol. The van der Waals surface area contributed by atoms with Crippen LogP contribution in [0.4, 0.5) is 17.8 Å². The molecule has 0 atom stereocenters. The normalized spacial score (nSPS) is 11.0. The zero-order valence-corrected chi connectivity index (χ0v) is 16.4. The highest BCUT2D eigenvalue weighted by molar-refractivity contribution is 7.46. The summed E-state index contributed by atoms with van der Waals surface area (Å²) in [5.41, 5.74) is 15.4. The maximum Gasteiger partial charge on any atom is 0.469 e. The molecule has 8 N–H and O–H groups in total. The van der Waals surface area contributed by atoms with Crippen molar-refractivity contribution in [1.29, 1.82) is 0 Å². The van der Waals surface area contributed by atoms with E-state index >= 15 is 0 Å². The molecule has 0 aliphatic heterocycles. The average Bonchev–Trinajstić information content (AvgIpc) is 2.51. The van der Waals surface area contributed by atoms with Crippen LogP contribution in [-0.4, -0.2) is 31.3 Å². The molecule has 10 nitrogen and oxygen atoms in total. The Kier molecular flexibility index (Phi) is 13.8. The molecule has 0 aromatic carbocycles. The summed E-state index contributed by atoms with van der Waals surface area (Å²) in [6.07, 6.45) is 12.0. The lowest BCUT2D eigenvalue weighted by Crippen LogP contribution is -2.05. The lowest BCUT2D eigenvalue weighted by atomic mass is 10.1. The summed E-state index contributed by atoms with van der Waals surface area (Å²) in [5.74, 6) is 0.125. The van der Waals surface area contributed by atoms with E-state index in [4.69, 9.17) is 27.0 Å². The van der Waals surface area contributed by atoms with Crippen molar-refractivity contribution in [3.8, 4) is 0 Å². The molecule has 1 rings (SSSR count). The zero-order chi connectivity index (χ0) is 19.8. The lowest BCUT2D eigenvalue weighted by Gasteiger charge is -2.05. The predicted octanol–water partition coefficient (Wildman–Crippen LogP) is 2.63. The first-order valence-electron chi connectivity index (χ1n) is 8.97. The van der Waals surface area contributed by atoms with Crippen LogP contribution in [0.5, 0.6) is 0 Å². The Balaban J connectivity index is 0.000000577. The molecule has 0 radical (unpaired) electrons. The van der Waals surface area contributed by atoms with Gasteiger partial charge in [-0.05, 0) is 6.42 Å². The number of nitrogens with zero attached hydrogens (tertiary/aromatic N) is 3. The smallest absolute Gasteiger partial charge is 0.368 e. The van der Waals surface area contributed by atoms with Crippen LogP contribution in [0, 0.1) is 0 Å². The third kappa shape index (κ3) is 17.3. The highest BCUT2D eigenvalue weighted by atomic mass is 31.2.